The van der Waals surface area contributed by atoms with Gasteiger partial charge < -0.3 is 4.74 Å². The fourth-order valence-electron chi connectivity index (χ4n) is 4.64. The number of hydrogen-bond donors (Lipinski definition) is 0. The third-order valence-corrected chi connectivity index (χ3v) is 7.86. The molecular weight excluding hydrogens is 418 g/mol. The second kappa shape index (κ2) is 7.88. The van der Waals surface area contributed by atoms with Crippen LogP contribution in [0, 0.1) is 6.92 Å². The number of azide groups is 1. The van der Waals surface area contributed by atoms with Crippen molar-refractivity contribution in [3.05, 3.63) is 70.1 Å². The standard InChI is InChI=1S/C21H23N5O4S/c1-3-30-20(27)26-18-8-5-4-7-17(18)21(19(26)23-24-22)13-6-14-25(21)31(28,29)16-11-9-15(2)10-12-16/h4-5,7-12,19H,3,6,13-14H2,1-2H3/t19-,21-/m0/s1. The minimum atomic E-state index is -3.93. The number of anilines is 1. The van der Waals surface area contributed by atoms with E-state index in [4.69, 9.17) is 4.74 Å². The van der Waals surface area contributed by atoms with Crippen molar-refractivity contribution >= 4 is 21.8 Å². The summed E-state index contributed by atoms with van der Waals surface area (Å²) < 4.78 is 34.1. The number of rotatable bonds is 4. The van der Waals surface area contributed by atoms with E-state index in [-0.39, 0.29) is 18.0 Å². The van der Waals surface area contributed by atoms with Crippen LogP contribution in [0.3, 0.4) is 0 Å². The minimum absolute atomic E-state index is 0.138. The average molecular weight is 442 g/mol. The van der Waals surface area contributed by atoms with E-state index in [2.05, 4.69) is 10.0 Å². The second-order valence-electron chi connectivity index (χ2n) is 7.58. The first-order valence-electron chi connectivity index (χ1n) is 10.1. The molecule has 1 amide bonds. The maximum atomic E-state index is 13.7. The zero-order valence-electron chi connectivity index (χ0n) is 17.3. The third-order valence-electron chi connectivity index (χ3n) is 5.90. The van der Waals surface area contributed by atoms with E-state index in [1.165, 1.54) is 9.21 Å². The van der Waals surface area contributed by atoms with Gasteiger partial charge in [-0.05, 0) is 56.0 Å². The molecule has 2 aromatic carbocycles. The molecule has 1 spiro atoms. The normalized spacial score (nSPS) is 22.9. The molecule has 2 aliphatic heterocycles. The van der Waals surface area contributed by atoms with Crippen molar-refractivity contribution in [2.24, 2.45) is 5.11 Å². The lowest BCUT2D eigenvalue weighted by molar-refractivity contribution is 0.147. The van der Waals surface area contributed by atoms with Crippen LogP contribution in [0.5, 0.6) is 0 Å². The number of hydrogen-bond acceptors (Lipinski definition) is 5. The Morgan fingerprint density at radius 3 is 2.65 bits per heavy atom. The minimum Gasteiger partial charge on any atom is -0.449 e. The van der Waals surface area contributed by atoms with Gasteiger partial charge in [0.1, 0.15) is 6.17 Å². The van der Waals surface area contributed by atoms with Crippen molar-refractivity contribution in [3.63, 3.8) is 0 Å². The largest absolute Gasteiger partial charge is 0.449 e. The molecule has 9 nitrogen and oxygen atoms in total. The number of carbonyl (C=O) groups is 1. The summed E-state index contributed by atoms with van der Waals surface area (Å²) in [4.78, 5) is 17.3. The van der Waals surface area contributed by atoms with E-state index in [9.17, 15) is 18.7 Å². The lowest BCUT2D eigenvalue weighted by Crippen LogP contribution is -2.54. The molecule has 0 aromatic heterocycles. The number of sulfonamides is 1. The van der Waals surface area contributed by atoms with Crippen LogP contribution in [0.15, 0.2) is 58.5 Å². The Kier molecular flexibility index (Phi) is 5.38. The monoisotopic (exact) mass is 441 g/mol. The van der Waals surface area contributed by atoms with E-state index in [1.54, 1.807) is 55.5 Å². The molecule has 10 heteroatoms. The van der Waals surface area contributed by atoms with Crippen LogP contribution in [-0.4, -0.2) is 38.1 Å². The first-order valence-corrected chi connectivity index (χ1v) is 11.5. The highest BCUT2D eigenvalue weighted by atomic mass is 32.2. The molecule has 0 N–H and O–H groups in total. The molecule has 0 saturated carbocycles. The molecular formula is C21H23N5O4S. The Balaban J connectivity index is 1.93. The number of ether oxygens (including phenoxy) is 1. The Labute approximate surface area is 180 Å². The van der Waals surface area contributed by atoms with Crippen molar-refractivity contribution in [2.45, 2.75) is 43.3 Å². The molecule has 0 aliphatic carbocycles. The number of aryl methyl sites for hydroxylation is 1. The molecule has 2 aliphatic rings. The Morgan fingerprint density at radius 2 is 1.97 bits per heavy atom. The van der Waals surface area contributed by atoms with Crippen LogP contribution < -0.4 is 4.90 Å². The van der Waals surface area contributed by atoms with E-state index >= 15 is 0 Å². The molecule has 0 radical (unpaired) electrons. The molecule has 0 bridgehead atoms. The number of nitrogens with zero attached hydrogens (tertiary/aromatic N) is 5. The van der Waals surface area contributed by atoms with Gasteiger partial charge in [0.2, 0.25) is 10.0 Å². The number of fused-ring (bicyclic) bond motifs is 2. The van der Waals surface area contributed by atoms with Crippen LogP contribution in [-0.2, 0) is 20.3 Å². The van der Waals surface area contributed by atoms with Gasteiger partial charge in [0.15, 0.2) is 0 Å². The highest BCUT2D eigenvalue weighted by Crippen LogP contribution is 2.55. The van der Waals surface area contributed by atoms with Gasteiger partial charge in [-0.2, -0.15) is 4.31 Å². The zero-order valence-corrected chi connectivity index (χ0v) is 18.1. The van der Waals surface area contributed by atoms with Crippen molar-refractivity contribution in [1.29, 1.82) is 0 Å². The summed E-state index contributed by atoms with van der Waals surface area (Å²) in [6.07, 6.45) is -0.803. The first-order chi connectivity index (χ1) is 14.9. The fraction of sp³-hybridized carbons (Fsp3) is 0.381. The van der Waals surface area contributed by atoms with E-state index in [0.717, 1.165) is 5.56 Å². The SMILES string of the molecule is CCOC(=O)N1c2ccccc2[C@@]2(CCCN2S(=O)(=O)c2ccc(C)cc2)[C@H]1N=[N+]=[N-]. The molecule has 2 atom stereocenters. The van der Waals surface area contributed by atoms with Gasteiger partial charge in [-0.3, -0.25) is 4.90 Å². The summed E-state index contributed by atoms with van der Waals surface area (Å²) >= 11 is 0. The average Bonchev–Trinajstić information content (AvgIpc) is 3.31. The maximum absolute atomic E-state index is 13.7. The van der Waals surface area contributed by atoms with Crippen molar-refractivity contribution in [3.8, 4) is 0 Å². The Hall–Kier alpha value is -3.07. The van der Waals surface area contributed by atoms with Crippen molar-refractivity contribution in [1.82, 2.24) is 4.31 Å². The number of amides is 1. The summed E-state index contributed by atoms with van der Waals surface area (Å²) in [5.41, 5.74) is 10.2. The number of carbonyl (C=O) groups excluding carboxylic acids is 1. The van der Waals surface area contributed by atoms with Gasteiger partial charge >= 0.3 is 6.09 Å². The fourth-order valence-corrected chi connectivity index (χ4v) is 6.45. The summed E-state index contributed by atoms with van der Waals surface area (Å²) in [5.74, 6) is 0. The lowest BCUT2D eigenvalue weighted by Gasteiger charge is -2.39. The molecule has 2 heterocycles. The molecule has 1 saturated heterocycles. The third kappa shape index (κ3) is 3.15. The number of para-hydroxylation sites is 1. The Bertz CT molecular complexity index is 1160. The van der Waals surface area contributed by atoms with Gasteiger partial charge in [-0.25, -0.2) is 13.2 Å². The van der Waals surface area contributed by atoms with Crippen molar-refractivity contribution < 1.29 is 17.9 Å². The lowest BCUT2D eigenvalue weighted by atomic mass is 9.88. The van der Waals surface area contributed by atoms with Gasteiger partial charge in [0, 0.05) is 11.5 Å². The smallest absolute Gasteiger partial charge is 0.414 e. The van der Waals surface area contributed by atoms with E-state index in [0.29, 0.717) is 24.1 Å². The topological polar surface area (TPSA) is 116 Å². The molecule has 2 aromatic rings. The quantitative estimate of drug-likeness (QED) is 0.400. The van der Waals surface area contributed by atoms with Crippen LogP contribution in [0.2, 0.25) is 0 Å². The summed E-state index contributed by atoms with van der Waals surface area (Å²) in [6.45, 7) is 3.95. The summed E-state index contributed by atoms with van der Waals surface area (Å²) in [5, 5.41) is 3.93. The van der Waals surface area contributed by atoms with E-state index in [1.807, 2.05) is 6.92 Å². The predicted molar refractivity (Wildman–Crippen MR) is 115 cm³/mol. The molecule has 0 unspecified atom stereocenters. The highest BCUT2D eigenvalue weighted by Gasteiger charge is 2.61. The van der Waals surface area contributed by atoms with Gasteiger partial charge in [-0.15, -0.1) is 0 Å². The van der Waals surface area contributed by atoms with E-state index < -0.39 is 27.8 Å². The predicted octanol–water partition coefficient (Wildman–Crippen LogP) is 4.29. The van der Waals surface area contributed by atoms with Crippen molar-refractivity contribution in [2.75, 3.05) is 18.1 Å². The van der Waals surface area contributed by atoms with Crippen LogP contribution >= 0.6 is 0 Å². The molecule has 31 heavy (non-hydrogen) atoms. The van der Waals surface area contributed by atoms with Gasteiger partial charge in [0.25, 0.3) is 0 Å². The number of benzene rings is 2. The first kappa shape index (κ1) is 21.2. The van der Waals surface area contributed by atoms with Gasteiger partial charge in [0.05, 0.1) is 22.7 Å². The summed E-state index contributed by atoms with van der Waals surface area (Å²) in [7, 11) is -3.93. The van der Waals surface area contributed by atoms with Crippen LogP contribution in [0.1, 0.15) is 30.9 Å². The zero-order chi connectivity index (χ0) is 22.2. The molecule has 162 valence electrons. The maximum Gasteiger partial charge on any atom is 0.414 e. The second-order valence-corrected chi connectivity index (χ2v) is 9.44. The van der Waals surface area contributed by atoms with Gasteiger partial charge in [-0.1, -0.05) is 41.0 Å². The van der Waals surface area contributed by atoms with Crippen LogP contribution in [0.25, 0.3) is 10.4 Å². The van der Waals surface area contributed by atoms with Crippen LogP contribution in [0.4, 0.5) is 10.5 Å². The Morgan fingerprint density at radius 1 is 1.26 bits per heavy atom. The molecule has 4 rings (SSSR count). The summed E-state index contributed by atoms with van der Waals surface area (Å²) in [6, 6.07) is 13.7. The molecule has 1 fully saturated rings. The highest BCUT2D eigenvalue weighted by molar-refractivity contribution is 7.89.